The molecule has 3 rings (SSSR count). The Balaban J connectivity index is 1.97. The fourth-order valence-corrected chi connectivity index (χ4v) is 3.53. The summed E-state index contributed by atoms with van der Waals surface area (Å²) in [6.07, 6.45) is 1.87. The highest BCUT2D eigenvalue weighted by atomic mass is 32.1. The summed E-state index contributed by atoms with van der Waals surface area (Å²) in [4.78, 5) is 5.89. The molecule has 0 radical (unpaired) electrons. The van der Waals surface area contributed by atoms with Crippen LogP contribution < -0.4 is 0 Å². The maximum Gasteiger partial charge on any atom is 0.0971 e. The number of rotatable bonds is 7. The van der Waals surface area contributed by atoms with Gasteiger partial charge < -0.3 is 14.4 Å². The van der Waals surface area contributed by atoms with E-state index >= 15 is 0 Å². The summed E-state index contributed by atoms with van der Waals surface area (Å²) >= 11 is 1.73. The van der Waals surface area contributed by atoms with Crippen LogP contribution in [0.25, 0.3) is 21.8 Å². The Kier molecular flexibility index (Phi) is 5.23. The van der Waals surface area contributed by atoms with Crippen LogP contribution in [0, 0.1) is 6.92 Å². The van der Waals surface area contributed by atoms with E-state index in [0.717, 1.165) is 17.0 Å². The Morgan fingerprint density at radius 3 is 2.70 bits per heavy atom. The van der Waals surface area contributed by atoms with Gasteiger partial charge in [-0.15, -0.1) is 11.3 Å². The van der Waals surface area contributed by atoms with Crippen LogP contribution in [-0.4, -0.2) is 34.5 Å². The van der Waals surface area contributed by atoms with E-state index in [1.165, 1.54) is 10.4 Å². The molecule has 0 amide bonds. The number of aliphatic hydroxyl groups excluding tert-OH is 1. The van der Waals surface area contributed by atoms with Crippen molar-refractivity contribution in [3.8, 4) is 21.8 Å². The smallest absolute Gasteiger partial charge is 0.0971 e. The first-order valence-corrected chi connectivity index (χ1v) is 8.53. The molecule has 1 N–H and O–H groups in total. The van der Waals surface area contributed by atoms with Crippen molar-refractivity contribution >= 4 is 11.3 Å². The Labute approximate surface area is 140 Å². The third-order valence-electron chi connectivity index (χ3n) is 3.67. The molecule has 5 heteroatoms. The van der Waals surface area contributed by atoms with E-state index in [4.69, 9.17) is 9.84 Å². The zero-order chi connectivity index (χ0) is 16.1. The Morgan fingerprint density at radius 2 is 2.00 bits per heavy atom. The molecule has 2 heterocycles. The number of aliphatic hydroxyl groups is 1. The van der Waals surface area contributed by atoms with Crippen molar-refractivity contribution in [2.75, 3.05) is 19.8 Å². The monoisotopic (exact) mass is 328 g/mol. The van der Waals surface area contributed by atoms with E-state index in [2.05, 4.69) is 40.1 Å². The number of benzene rings is 1. The van der Waals surface area contributed by atoms with Crippen LogP contribution >= 0.6 is 11.3 Å². The predicted molar refractivity (Wildman–Crippen MR) is 93.6 cm³/mol. The number of imidazole rings is 1. The number of hydrogen-bond donors (Lipinski definition) is 1. The number of aryl methyl sites for hydroxylation is 1. The van der Waals surface area contributed by atoms with E-state index in [1.807, 2.05) is 24.5 Å². The maximum atomic E-state index is 8.81. The molecular formula is C18H20N2O2S. The molecule has 2 aromatic heterocycles. The van der Waals surface area contributed by atoms with Crippen molar-refractivity contribution in [3.05, 3.63) is 53.7 Å². The molecule has 0 aliphatic heterocycles. The molecule has 0 saturated carbocycles. The summed E-state index contributed by atoms with van der Waals surface area (Å²) in [6, 6.07) is 12.4. The van der Waals surface area contributed by atoms with Gasteiger partial charge in [-0.1, -0.05) is 30.3 Å². The zero-order valence-electron chi connectivity index (χ0n) is 13.1. The molecule has 0 saturated heterocycles. The first kappa shape index (κ1) is 15.9. The molecule has 23 heavy (non-hydrogen) atoms. The summed E-state index contributed by atoms with van der Waals surface area (Å²) in [6.45, 7) is 3.82. The standard InChI is InChI=1S/C18H20N2O2S/c1-14-7-12-23-18(14)17-16(15-5-3-2-4-6-15)19-13-20(17)8-10-22-11-9-21/h2-7,12-13,21H,8-11H2,1H3. The van der Waals surface area contributed by atoms with Crippen molar-refractivity contribution in [3.63, 3.8) is 0 Å². The van der Waals surface area contributed by atoms with E-state index in [9.17, 15) is 0 Å². The number of ether oxygens (including phenoxy) is 1. The largest absolute Gasteiger partial charge is 0.394 e. The van der Waals surface area contributed by atoms with Gasteiger partial charge in [0, 0.05) is 12.1 Å². The van der Waals surface area contributed by atoms with Gasteiger partial charge in [-0.05, 0) is 23.9 Å². The van der Waals surface area contributed by atoms with Crippen LogP contribution in [0.1, 0.15) is 5.56 Å². The van der Waals surface area contributed by atoms with Gasteiger partial charge in [0.05, 0.1) is 42.4 Å². The van der Waals surface area contributed by atoms with Crippen LogP contribution in [0.15, 0.2) is 48.1 Å². The second-order valence-corrected chi connectivity index (χ2v) is 6.19. The van der Waals surface area contributed by atoms with Gasteiger partial charge in [-0.2, -0.15) is 0 Å². The summed E-state index contributed by atoms with van der Waals surface area (Å²) in [5.41, 5.74) is 4.50. The summed E-state index contributed by atoms with van der Waals surface area (Å²) in [5, 5.41) is 10.9. The van der Waals surface area contributed by atoms with Crippen LogP contribution in [0.3, 0.4) is 0 Å². The highest BCUT2D eigenvalue weighted by Crippen LogP contribution is 2.36. The van der Waals surface area contributed by atoms with Crippen molar-refractivity contribution in [1.82, 2.24) is 9.55 Å². The summed E-state index contributed by atoms with van der Waals surface area (Å²) in [7, 11) is 0. The second kappa shape index (κ2) is 7.55. The molecule has 0 aliphatic carbocycles. The topological polar surface area (TPSA) is 47.3 Å². The van der Waals surface area contributed by atoms with Gasteiger partial charge in [0.1, 0.15) is 0 Å². The minimum absolute atomic E-state index is 0.0517. The number of hydrogen-bond acceptors (Lipinski definition) is 4. The highest BCUT2D eigenvalue weighted by Gasteiger charge is 2.17. The Hall–Kier alpha value is -1.95. The fraction of sp³-hybridized carbons (Fsp3) is 0.278. The number of aromatic nitrogens is 2. The van der Waals surface area contributed by atoms with Crippen LogP contribution in [0.4, 0.5) is 0 Å². The molecule has 0 spiro atoms. The summed E-state index contributed by atoms with van der Waals surface area (Å²) in [5.74, 6) is 0. The van der Waals surface area contributed by atoms with E-state index in [-0.39, 0.29) is 6.61 Å². The lowest BCUT2D eigenvalue weighted by atomic mass is 10.1. The molecule has 120 valence electrons. The average molecular weight is 328 g/mol. The molecular weight excluding hydrogens is 308 g/mol. The van der Waals surface area contributed by atoms with Gasteiger partial charge >= 0.3 is 0 Å². The highest BCUT2D eigenvalue weighted by molar-refractivity contribution is 7.13. The van der Waals surface area contributed by atoms with Crippen molar-refractivity contribution < 1.29 is 9.84 Å². The third kappa shape index (κ3) is 3.52. The molecule has 0 unspecified atom stereocenters. The first-order chi connectivity index (χ1) is 11.3. The lowest BCUT2D eigenvalue weighted by Gasteiger charge is -2.10. The number of thiophene rings is 1. The van der Waals surface area contributed by atoms with E-state index in [1.54, 1.807) is 11.3 Å². The van der Waals surface area contributed by atoms with Crippen LogP contribution in [-0.2, 0) is 11.3 Å². The molecule has 0 bridgehead atoms. The van der Waals surface area contributed by atoms with Crippen molar-refractivity contribution in [2.45, 2.75) is 13.5 Å². The van der Waals surface area contributed by atoms with Crippen LogP contribution in [0.5, 0.6) is 0 Å². The second-order valence-electron chi connectivity index (χ2n) is 5.27. The molecule has 3 aromatic rings. The van der Waals surface area contributed by atoms with E-state index in [0.29, 0.717) is 19.8 Å². The van der Waals surface area contributed by atoms with Gasteiger partial charge in [-0.3, -0.25) is 0 Å². The quantitative estimate of drug-likeness (QED) is 0.674. The summed E-state index contributed by atoms with van der Waals surface area (Å²) < 4.78 is 7.55. The maximum absolute atomic E-state index is 8.81. The molecule has 4 nitrogen and oxygen atoms in total. The van der Waals surface area contributed by atoms with Gasteiger partial charge in [0.2, 0.25) is 0 Å². The predicted octanol–water partition coefficient (Wildman–Crippen LogP) is 3.60. The molecule has 1 aromatic carbocycles. The number of nitrogens with zero attached hydrogens (tertiary/aromatic N) is 2. The minimum atomic E-state index is 0.0517. The van der Waals surface area contributed by atoms with Gasteiger partial charge in [0.25, 0.3) is 0 Å². The fourth-order valence-electron chi connectivity index (χ4n) is 2.54. The minimum Gasteiger partial charge on any atom is -0.394 e. The van der Waals surface area contributed by atoms with Gasteiger partial charge in [-0.25, -0.2) is 4.98 Å². The third-order valence-corrected chi connectivity index (χ3v) is 4.70. The van der Waals surface area contributed by atoms with Crippen molar-refractivity contribution in [2.24, 2.45) is 0 Å². The van der Waals surface area contributed by atoms with E-state index < -0.39 is 0 Å². The lowest BCUT2D eigenvalue weighted by molar-refractivity contribution is 0.0872. The SMILES string of the molecule is Cc1ccsc1-c1c(-c2ccccc2)ncn1CCOCCO. The van der Waals surface area contributed by atoms with Crippen LogP contribution in [0.2, 0.25) is 0 Å². The lowest BCUT2D eigenvalue weighted by Crippen LogP contribution is -2.08. The Bertz CT molecular complexity index is 749. The molecule has 0 aliphatic rings. The molecule has 0 atom stereocenters. The average Bonchev–Trinajstić information content (AvgIpc) is 3.18. The normalized spacial score (nSPS) is 11.0. The molecule has 0 fully saturated rings. The van der Waals surface area contributed by atoms with Crippen molar-refractivity contribution in [1.29, 1.82) is 0 Å². The first-order valence-electron chi connectivity index (χ1n) is 7.65. The van der Waals surface area contributed by atoms with Gasteiger partial charge in [0.15, 0.2) is 0 Å². The zero-order valence-corrected chi connectivity index (χ0v) is 13.9. The Morgan fingerprint density at radius 1 is 1.17 bits per heavy atom.